The molecule has 0 unspecified atom stereocenters. The highest BCUT2D eigenvalue weighted by Crippen LogP contribution is 2.39. The quantitative estimate of drug-likeness (QED) is 0.249. The minimum Gasteiger partial charge on any atom is -0.456 e. The maximum atomic E-state index is 6.25. The van der Waals surface area contributed by atoms with E-state index in [9.17, 15) is 0 Å². The number of rotatable bonds is 3. The average Bonchev–Trinajstić information content (AvgIpc) is 3.51. The smallest absolute Gasteiger partial charge is 0.138 e. The van der Waals surface area contributed by atoms with Crippen molar-refractivity contribution in [3.05, 3.63) is 133 Å². The van der Waals surface area contributed by atoms with Gasteiger partial charge in [0.05, 0.1) is 16.7 Å². The molecule has 0 saturated carbocycles. The molecule has 0 bridgehead atoms. The van der Waals surface area contributed by atoms with Crippen LogP contribution in [0, 0.1) is 0 Å². The van der Waals surface area contributed by atoms with Crippen molar-refractivity contribution in [3.63, 3.8) is 0 Å². The molecule has 0 atom stereocenters. The van der Waals surface area contributed by atoms with Crippen LogP contribution in [0.15, 0.2) is 138 Å². The highest BCUT2D eigenvalue weighted by atomic mass is 16.3. The minimum absolute atomic E-state index is 0.892. The molecule has 0 aliphatic carbocycles. The molecule has 0 N–H and O–H groups in total. The molecule has 5 aromatic carbocycles. The summed E-state index contributed by atoms with van der Waals surface area (Å²) in [5.41, 5.74) is 8.38. The molecule has 38 heavy (non-hydrogen) atoms. The fourth-order valence-electron chi connectivity index (χ4n) is 5.62. The summed E-state index contributed by atoms with van der Waals surface area (Å²) in [6.45, 7) is 0. The lowest BCUT2D eigenvalue weighted by atomic mass is 10.0. The highest BCUT2D eigenvalue weighted by Gasteiger charge is 2.18. The van der Waals surface area contributed by atoms with Crippen molar-refractivity contribution in [2.75, 3.05) is 0 Å². The molecule has 3 heterocycles. The monoisotopic (exact) mass is 486 g/mol. The number of furan rings is 1. The molecular formula is C35H22N2O. The van der Waals surface area contributed by atoms with Crippen LogP contribution >= 0.6 is 0 Å². The molecule has 0 aliphatic rings. The SMILES string of the molecule is c1ccc(-c2cc(-c3ccccc3)nc(-n3c4ccccc4c4cc5oc6ccccc6c5cc43)c2)cc1. The van der Waals surface area contributed by atoms with Gasteiger partial charge in [-0.2, -0.15) is 0 Å². The van der Waals surface area contributed by atoms with Gasteiger partial charge in [-0.3, -0.25) is 4.57 Å². The Morgan fingerprint density at radius 2 is 1.13 bits per heavy atom. The predicted octanol–water partition coefficient (Wildman–Crippen LogP) is 9.41. The molecule has 0 amide bonds. The number of hydrogen-bond donors (Lipinski definition) is 0. The molecule has 0 fully saturated rings. The third-order valence-electron chi connectivity index (χ3n) is 7.39. The summed E-state index contributed by atoms with van der Waals surface area (Å²) >= 11 is 0. The molecule has 0 spiro atoms. The number of para-hydroxylation sites is 2. The Labute approximate surface area is 219 Å². The molecule has 178 valence electrons. The third-order valence-corrected chi connectivity index (χ3v) is 7.39. The Hall–Kier alpha value is -5.15. The number of pyridine rings is 1. The summed E-state index contributed by atoms with van der Waals surface area (Å²) in [5.74, 6) is 0.892. The lowest BCUT2D eigenvalue weighted by molar-refractivity contribution is 0.669. The van der Waals surface area contributed by atoms with Crippen molar-refractivity contribution in [2.45, 2.75) is 0 Å². The largest absolute Gasteiger partial charge is 0.456 e. The van der Waals surface area contributed by atoms with Gasteiger partial charge in [-0.15, -0.1) is 0 Å². The van der Waals surface area contributed by atoms with E-state index in [0.717, 1.165) is 66.6 Å². The molecule has 0 radical (unpaired) electrons. The van der Waals surface area contributed by atoms with Crippen molar-refractivity contribution >= 4 is 43.7 Å². The van der Waals surface area contributed by atoms with Crippen LogP contribution in [-0.2, 0) is 0 Å². The first-order valence-electron chi connectivity index (χ1n) is 12.8. The normalized spacial score (nSPS) is 11.7. The van der Waals surface area contributed by atoms with Crippen LogP contribution in [0.4, 0.5) is 0 Å². The van der Waals surface area contributed by atoms with Gasteiger partial charge in [0.1, 0.15) is 17.0 Å². The number of hydrogen-bond acceptors (Lipinski definition) is 2. The third kappa shape index (κ3) is 3.19. The Bertz CT molecular complexity index is 2060. The van der Waals surface area contributed by atoms with Crippen LogP contribution in [0.3, 0.4) is 0 Å². The fourth-order valence-corrected chi connectivity index (χ4v) is 5.62. The second kappa shape index (κ2) is 8.19. The van der Waals surface area contributed by atoms with E-state index in [4.69, 9.17) is 9.40 Å². The van der Waals surface area contributed by atoms with E-state index in [1.807, 2.05) is 18.2 Å². The Kier molecular flexibility index (Phi) is 4.52. The zero-order valence-electron chi connectivity index (χ0n) is 20.5. The van der Waals surface area contributed by atoms with Crippen LogP contribution in [-0.4, -0.2) is 9.55 Å². The average molecular weight is 487 g/mol. The first-order chi connectivity index (χ1) is 18.8. The summed E-state index contributed by atoms with van der Waals surface area (Å²) in [5, 5.41) is 4.56. The summed E-state index contributed by atoms with van der Waals surface area (Å²) in [7, 11) is 0. The van der Waals surface area contributed by atoms with Gasteiger partial charge < -0.3 is 4.42 Å². The summed E-state index contributed by atoms with van der Waals surface area (Å²) in [4.78, 5) is 5.24. The van der Waals surface area contributed by atoms with Gasteiger partial charge in [0.15, 0.2) is 0 Å². The van der Waals surface area contributed by atoms with Gasteiger partial charge >= 0.3 is 0 Å². The Morgan fingerprint density at radius 1 is 0.447 bits per heavy atom. The highest BCUT2D eigenvalue weighted by molar-refractivity contribution is 6.17. The standard InChI is InChI=1S/C35H22N2O/c1-3-11-23(12-4-1)25-19-30(24-13-5-2-6-14-24)36-35(20-25)37-31-17-9-7-15-26(31)28-22-34-29(21-32(28)37)27-16-8-10-18-33(27)38-34/h1-22H. The zero-order valence-corrected chi connectivity index (χ0v) is 20.5. The molecule has 3 aromatic heterocycles. The molecule has 0 aliphatic heterocycles. The van der Waals surface area contributed by atoms with Crippen LogP contribution in [0.5, 0.6) is 0 Å². The molecular weight excluding hydrogens is 464 g/mol. The second-order valence-electron chi connectivity index (χ2n) is 9.65. The molecule has 8 aromatic rings. The number of fused-ring (bicyclic) bond motifs is 6. The van der Waals surface area contributed by atoms with Crippen molar-refractivity contribution in [1.82, 2.24) is 9.55 Å². The van der Waals surface area contributed by atoms with Crippen molar-refractivity contribution < 1.29 is 4.42 Å². The van der Waals surface area contributed by atoms with Gasteiger partial charge in [0, 0.05) is 27.1 Å². The van der Waals surface area contributed by atoms with Crippen LogP contribution in [0.1, 0.15) is 0 Å². The first kappa shape index (κ1) is 21.0. The maximum absolute atomic E-state index is 6.25. The van der Waals surface area contributed by atoms with E-state index >= 15 is 0 Å². The fraction of sp³-hybridized carbons (Fsp3) is 0. The second-order valence-corrected chi connectivity index (χ2v) is 9.65. The topological polar surface area (TPSA) is 31.0 Å². The van der Waals surface area contributed by atoms with Gasteiger partial charge in [-0.25, -0.2) is 4.98 Å². The lowest BCUT2D eigenvalue weighted by Crippen LogP contribution is -2.00. The molecule has 3 heteroatoms. The van der Waals surface area contributed by atoms with E-state index in [0.29, 0.717) is 0 Å². The number of nitrogens with zero attached hydrogens (tertiary/aromatic N) is 2. The molecule has 0 saturated heterocycles. The van der Waals surface area contributed by atoms with Crippen LogP contribution in [0.2, 0.25) is 0 Å². The van der Waals surface area contributed by atoms with Gasteiger partial charge in [-0.05, 0) is 47.5 Å². The van der Waals surface area contributed by atoms with Gasteiger partial charge in [-0.1, -0.05) is 97.1 Å². The molecule has 8 rings (SSSR count). The lowest BCUT2D eigenvalue weighted by Gasteiger charge is -2.13. The number of benzene rings is 5. The van der Waals surface area contributed by atoms with Crippen LogP contribution < -0.4 is 0 Å². The van der Waals surface area contributed by atoms with Gasteiger partial charge in [0.2, 0.25) is 0 Å². The predicted molar refractivity (Wildman–Crippen MR) is 157 cm³/mol. The van der Waals surface area contributed by atoms with E-state index in [1.165, 1.54) is 5.39 Å². The zero-order chi connectivity index (χ0) is 25.1. The van der Waals surface area contributed by atoms with E-state index in [-0.39, 0.29) is 0 Å². The van der Waals surface area contributed by atoms with Gasteiger partial charge in [0.25, 0.3) is 0 Å². The Balaban J connectivity index is 1.49. The van der Waals surface area contributed by atoms with E-state index in [2.05, 4.69) is 120 Å². The van der Waals surface area contributed by atoms with Crippen molar-refractivity contribution in [1.29, 1.82) is 0 Å². The van der Waals surface area contributed by atoms with Crippen molar-refractivity contribution in [3.8, 4) is 28.2 Å². The first-order valence-corrected chi connectivity index (χ1v) is 12.8. The summed E-state index contributed by atoms with van der Waals surface area (Å²) in [6, 6.07) is 46.5. The minimum atomic E-state index is 0.892. The molecule has 3 nitrogen and oxygen atoms in total. The maximum Gasteiger partial charge on any atom is 0.138 e. The summed E-state index contributed by atoms with van der Waals surface area (Å²) in [6.07, 6.45) is 0. The Morgan fingerprint density at radius 3 is 1.95 bits per heavy atom. The van der Waals surface area contributed by atoms with E-state index < -0.39 is 0 Å². The van der Waals surface area contributed by atoms with Crippen molar-refractivity contribution in [2.24, 2.45) is 0 Å². The number of aromatic nitrogens is 2. The van der Waals surface area contributed by atoms with Crippen LogP contribution in [0.25, 0.3) is 71.9 Å². The van der Waals surface area contributed by atoms with E-state index in [1.54, 1.807) is 0 Å². The summed E-state index contributed by atoms with van der Waals surface area (Å²) < 4.78 is 8.55.